The van der Waals surface area contributed by atoms with Gasteiger partial charge in [0, 0.05) is 21.9 Å². The summed E-state index contributed by atoms with van der Waals surface area (Å²) in [7, 11) is 0. The zero-order valence-corrected chi connectivity index (χ0v) is 20.1. The molecule has 3 N–H and O–H groups in total. The third kappa shape index (κ3) is 4.00. The molecule has 3 heterocycles. The van der Waals surface area contributed by atoms with E-state index in [9.17, 15) is 9.59 Å². The van der Waals surface area contributed by atoms with Gasteiger partial charge in [0.25, 0.3) is 0 Å². The van der Waals surface area contributed by atoms with E-state index in [-0.39, 0.29) is 6.61 Å². The number of hydrogen-bond donors (Lipinski definition) is 3. The van der Waals surface area contributed by atoms with E-state index in [1.807, 2.05) is 91.0 Å². The Balaban J connectivity index is 1.64. The number of hydrogen-bond acceptors (Lipinski definition) is 4. The van der Waals surface area contributed by atoms with Crippen molar-refractivity contribution in [3.63, 3.8) is 0 Å². The summed E-state index contributed by atoms with van der Waals surface area (Å²) in [5.41, 5.74) is 5.50. The van der Waals surface area contributed by atoms with Crippen molar-refractivity contribution in [2.24, 2.45) is 0 Å². The third-order valence-electron chi connectivity index (χ3n) is 6.49. The normalized spacial score (nSPS) is 15.5. The number of pyridine rings is 1. The van der Waals surface area contributed by atoms with Crippen molar-refractivity contribution < 1.29 is 14.3 Å². The predicted molar refractivity (Wildman–Crippen MR) is 143 cm³/mol. The Morgan fingerprint density at radius 3 is 2.30 bits per heavy atom. The predicted octanol–water partition coefficient (Wildman–Crippen LogP) is 5.71. The van der Waals surface area contributed by atoms with Crippen molar-refractivity contribution in [1.29, 1.82) is 0 Å². The van der Waals surface area contributed by atoms with Crippen LogP contribution in [0.15, 0.2) is 96.6 Å². The maximum Gasteiger partial charge on any atom is 0.338 e. The number of fused-ring (bicyclic) bond motifs is 3. The molecule has 0 bridgehead atoms. The maximum atomic E-state index is 13.3. The van der Waals surface area contributed by atoms with Gasteiger partial charge >= 0.3 is 12.0 Å². The van der Waals surface area contributed by atoms with Crippen molar-refractivity contribution in [2.45, 2.75) is 13.0 Å². The first-order chi connectivity index (χ1) is 18.1. The summed E-state index contributed by atoms with van der Waals surface area (Å²) < 4.78 is 5.46. The SMILES string of the molecule is CCOC(=O)C1=C(c2ccccc2)NC(=O)NC1c1cc2c([nH]c3ccccc32)c(-c2ccccc2)n1. The Labute approximate surface area is 213 Å². The van der Waals surface area contributed by atoms with Gasteiger partial charge in [-0.25, -0.2) is 14.6 Å². The van der Waals surface area contributed by atoms with Gasteiger partial charge in [0.15, 0.2) is 0 Å². The molecule has 6 rings (SSSR count). The van der Waals surface area contributed by atoms with Crippen LogP contribution in [0.2, 0.25) is 0 Å². The number of para-hydroxylation sites is 1. The van der Waals surface area contributed by atoms with Crippen LogP contribution in [-0.4, -0.2) is 28.6 Å². The second kappa shape index (κ2) is 9.28. The van der Waals surface area contributed by atoms with Crippen LogP contribution in [0.3, 0.4) is 0 Å². The van der Waals surface area contributed by atoms with Crippen LogP contribution in [0, 0.1) is 0 Å². The Kier molecular flexibility index (Phi) is 5.65. The summed E-state index contributed by atoms with van der Waals surface area (Å²) in [4.78, 5) is 34.8. The molecule has 3 aromatic carbocycles. The fraction of sp³-hybridized carbons (Fsp3) is 0.100. The molecule has 0 saturated heterocycles. The zero-order chi connectivity index (χ0) is 25.4. The van der Waals surface area contributed by atoms with Gasteiger partial charge < -0.3 is 20.4 Å². The number of ether oxygens (including phenoxy) is 1. The van der Waals surface area contributed by atoms with Crippen LogP contribution < -0.4 is 10.6 Å². The molecule has 1 unspecified atom stereocenters. The van der Waals surface area contributed by atoms with E-state index in [4.69, 9.17) is 9.72 Å². The molecule has 1 aliphatic heterocycles. The van der Waals surface area contributed by atoms with E-state index < -0.39 is 18.0 Å². The molecule has 1 aliphatic rings. The van der Waals surface area contributed by atoms with Gasteiger partial charge in [-0.05, 0) is 24.6 Å². The molecule has 7 nitrogen and oxygen atoms in total. The lowest BCUT2D eigenvalue weighted by molar-refractivity contribution is -0.138. The van der Waals surface area contributed by atoms with Crippen LogP contribution in [0.25, 0.3) is 38.8 Å². The second-order valence-electron chi connectivity index (χ2n) is 8.76. The van der Waals surface area contributed by atoms with E-state index >= 15 is 0 Å². The first-order valence-electron chi connectivity index (χ1n) is 12.1. The molecule has 5 aromatic rings. The number of H-pyrrole nitrogens is 1. The van der Waals surface area contributed by atoms with Gasteiger partial charge in [0.1, 0.15) is 6.04 Å². The number of nitrogens with one attached hydrogen (secondary N) is 3. The topological polar surface area (TPSA) is 96.1 Å². The number of esters is 1. The molecule has 0 spiro atoms. The van der Waals surface area contributed by atoms with Crippen LogP contribution in [0.5, 0.6) is 0 Å². The summed E-state index contributed by atoms with van der Waals surface area (Å²) in [5, 5.41) is 7.74. The molecular formula is C30H24N4O3. The minimum atomic E-state index is -0.816. The van der Waals surface area contributed by atoms with Crippen molar-refractivity contribution in [2.75, 3.05) is 6.61 Å². The molecule has 0 fully saturated rings. The Morgan fingerprint density at radius 2 is 1.57 bits per heavy atom. The van der Waals surface area contributed by atoms with E-state index in [2.05, 4.69) is 15.6 Å². The van der Waals surface area contributed by atoms with Gasteiger partial charge in [0.05, 0.1) is 34.8 Å². The number of rotatable bonds is 5. The van der Waals surface area contributed by atoms with E-state index in [1.54, 1.807) is 6.92 Å². The number of urea groups is 1. The molecule has 0 radical (unpaired) electrons. The van der Waals surface area contributed by atoms with Crippen LogP contribution in [0.4, 0.5) is 4.79 Å². The summed E-state index contributed by atoms with van der Waals surface area (Å²) in [6.07, 6.45) is 0. The minimum Gasteiger partial charge on any atom is -0.463 e. The highest BCUT2D eigenvalue weighted by molar-refractivity contribution is 6.11. The number of benzene rings is 3. The number of aromatic amines is 1. The summed E-state index contributed by atoms with van der Waals surface area (Å²) in [6.45, 7) is 1.96. The standard InChI is InChI=1S/C30H24N4O3/c1-2-37-29(35)24-25(18-11-5-3-6-12-18)33-30(36)34-28(24)23-17-21-20-15-9-10-16-22(20)31-27(21)26(32-23)19-13-7-4-8-14-19/h3-17,28,31H,2H2,1H3,(H2,33,34,36). The van der Waals surface area contributed by atoms with Crippen LogP contribution in [-0.2, 0) is 9.53 Å². The van der Waals surface area contributed by atoms with Gasteiger partial charge in [0.2, 0.25) is 0 Å². The average molecular weight is 489 g/mol. The van der Waals surface area contributed by atoms with E-state index in [0.29, 0.717) is 22.5 Å². The quantitative estimate of drug-likeness (QED) is 0.276. The van der Waals surface area contributed by atoms with Crippen LogP contribution in [0.1, 0.15) is 24.2 Å². The Morgan fingerprint density at radius 1 is 0.892 bits per heavy atom. The molecule has 7 heteroatoms. The molecular weight excluding hydrogens is 464 g/mol. The highest BCUT2D eigenvalue weighted by Crippen LogP contribution is 2.37. The average Bonchev–Trinajstić information content (AvgIpc) is 3.32. The molecule has 0 aliphatic carbocycles. The molecule has 1 atom stereocenters. The van der Waals surface area contributed by atoms with Gasteiger partial charge in [-0.15, -0.1) is 0 Å². The lowest BCUT2D eigenvalue weighted by Gasteiger charge is -2.29. The van der Waals surface area contributed by atoms with E-state index in [1.165, 1.54) is 0 Å². The smallest absolute Gasteiger partial charge is 0.338 e. The molecule has 2 amide bonds. The lowest BCUT2D eigenvalue weighted by atomic mass is 9.94. The number of amides is 2. The summed E-state index contributed by atoms with van der Waals surface area (Å²) in [6, 6.07) is 27.9. The van der Waals surface area contributed by atoms with Crippen molar-refractivity contribution in [3.8, 4) is 11.3 Å². The van der Waals surface area contributed by atoms with Crippen LogP contribution >= 0.6 is 0 Å². The largest absolute Gasteiger partial charge is 0.463 e. The fourth-order valence-corrected chi connectivity index (χ4v) is 4.87. The first kappa shape index (κ1) is 22.5. The Bertz CT molecular complexity index is 1670. The zero-order valence-electron chi connectivity index (χ0n) is 20.1. The Hall–Kier alpha value is -4.91. The maximum absolute atomic E-state index is 13.3. The monoisotopic (exact) mass is 488 g/mol. The molecule has 37 heavy (non-hydrogen) atoms. The summed E-state index contributed by atoms with van der Waals surface area (Å²) >= 11 is 0. The van der Waals surface area contributed by atoms with Crippen molar-refractivity contribution in [1.82, 2.24) is 20.6 Å². The highest BCUT2D eigenvalue weighted by Gasteiger charge is 2.36. The fourth-order valence-electron chi connectivity index (χ4n) is 4.87. The first-order valence-corrected chi connectivity index (χ1v) is 12.1. The highest BCUT2D eigenvalue weighted by atomic mass is 16.5. The number of carbonyl (C=O) groups excluding carboxylic acids is 2. The second-order valence-corrected chi connectivity index (χ2v) is 8.76. The van der Waals surface area contributed by atoms with Gasteiger partial charge in [-0.3, -0.25) is 0 Å². The molecule has 2 aromatic heterocycles. The lowest BCUT2D eigenvalue weighted by Crippen LogP contribution is -2.45. The van der Waals surface area contributed by atoms with E-state index in [0.717, 1.165) is 33.1 Å². The number of aromatic nitrogens is 2. The number of nitrogens with zero attached hydrogens (tertiary/aromatic N) is 1. The molecule has 182 valence electrons. The van der Waals surface area contributed by atoms with Crippen molar-refractivity contribution in [3.05, 3.63) is 108 Å². The summed E-state index contributed by atoms with van der Waals surface area (Å²) in [5.74, 6) is -0.513. The van der Waals surface area contributed by atoms with Gasteiger partial charge in [-0.1, -0.05) is 78.9 Å². The molecule has 0 saturated carbocycles. The van der Waals surface area contributed by atoms with Crippen molar-refractivity contribution >= 4 is 39.5 Å². The third-order valence-corrected chi connectivity index (χ3v) is 6.49. The number of carbonyl (C=O) groups is 2. The minimum absolute atomic E-state index is 0.204. The van der Waals surface area contributed by atoms with Gasteiger partial charge in [-0.2, -0.15) is 0 Å².